The Bertz CT molecular complexity index is 1190. The van der Waals surface area contributed by atoms with Gasteiger partial charge in [0.15, 0.2) is 5.75 Å². The van der Waals surface area contributed by atoms with Crippen LogP contribution >= 0.6 is 0 Å². The zero-order valence-corrected chi connectivity index (χ0v) is 14.7. The van der Waals surface area contributed by atoms with Gasteiger partial charge in [0.25, 0.3) is 0 Å². The first-order chi connectivity index (χ1) is 12.8. The van der Waals surface area contributed by atoms with Gasteiger partial charge in [0, 0.05) is 12.1 Å². The third kappa shape index (κ3) is 4.23. The molecule has 3 rings (SSSR count). The van der Waals surface area contributed by atoms with Gasteiger partial charge in [-0.05, 0) is 18.2 Å². The number of halogens is 1. The lowest BCUT2D eigenvalue weighted by Gasteiger charge is -2.13. The summed E-state index contributed by atoms with van der Waals surface area (Å²) in [6.45, 7) is 0. The number of ether oxygens (including phenoxy) is 1. The van der Waals surface area contributed by atoms with Crippen LogP contribution < -0.4 is 20.2 Å². The summed E-state index contributed by atoms with van der Waals surface area (Å²) in [6, 6.07) is 7.70. The minimum atomic E-state index is -3.68. The highest BCUT2D eigenvalue weighted by Crippen LogP contribution is 2.34. The SMILES string of the molecule is CS(=O)(=O)Nc1cc2occ(NC=O)c(=O)c2cc1Oc1cccc(F)c1. The smallest absolute Gasteiger partial charge is 0.229 e. The Kier molecular flexibility index (Phi) is 4.82. The van der Waals surface area contributed by atoms with Crippen LogP contribution in [0.2, 0.25) is 0 Å². The molecule has 0 saturated carbocycles. The number of carbonyl (C=O) groups is 1. The summed E-state index contributed by atoms with van der Waals surface area (Å²) in [7, 11) is -3.68. The Morgan fingerprint density at radius 2 is 1.96 bits per heavy atom. The molecule has 1 aromatic heterocycles. The normalized spacial score (nSPS) is 11.2. The van der Waals surface area contributed by atoms with Gasteiger partial charge in [-0.3, -0.25) is 14.3 Å². The van der Waals surface area contributed by atoms with Crippen molar-refractivity contribution >= 4 is 38.8 Å². The molecule has 0 saturated heterocycles. The lowest BCUT2D eigenvalue weighted by molar-refractivity contribution is -0.105. The van der Waals surface area contributed by atoms with Crippen molar-refractivity contribution in [3.05, 3.63) is 58.7 Å². The molecular weight excluding hydrogens is 379 g/mol. The minimum absolute atomic E-state index is 0.00601. The van der Waals surface area contributed by atoms with E-state index in [4.69, 9.17) is 9.15 Å². The second kappa shape index (κ2) is 7.08. The van der Waals surface area contributed by atoms with Gasteiger partial charge < -0.3 is 14.5 Å². The summed E-state index contributed by atoms with van der Waals surface area (Å²) in [5.41, 5.74) is -0.598. The molecule has 0 unspecified atom stereocenters. The molecule has 2 N–H and O–H groups in total. The second-order valence-electron chi connectivity index (χ2n) is 5.52. The first-order valence-electron chi connectivity index (χ1n) is 7.48. The van der Waals surface area contributed by atoms with Gasteiger partial charge >= 0.3 is 0 Å². The van der Waals surface area contributed by atoms with Crippen molar-refractivity contribution in [3.63, 3.8) is 0 Å². The summed E-state index contributed by atoms with van der Waals surface area (Å²) < 4.78 is 49.8. The van der Waals surface area contributed by atoms with E-state index in [0.29, 0.717) is 6.41 Å². The van der Waals surface area contributed by atoms with E-state index in [1.54, 1.807) is 0 Å². The number of rotatable bonds is 6. The van der Waals surface area contributed by atoms with Crippen LogP contribution in [0.25, 0.3) is 11.0 Å². The fourth-order valence-corrected chi connectivity index (χ4v) is 2.90. The molecule has 0 atom stereocenters. The number of nitrogens with one attached hydrogen (secondary N) is 2. The fraction of sp³-hybridized carbons (Fsp3) is 0.0588. The first kappa shape index (κ1) is 18.4. The maximum atomic E-state index is 13.4. The highest BCUT2D eigenvalue weighted by atomic mass is 32.2. The summed E-state index contributed by atoms with van der Waals surface area (Å²) >= 11 is 0. The molecule has 0 aliphatic rings. The molecule has 0 fully saturated rings. The Hall–Kier alpha value is -3.40. The first-order valence-corrected chi connectivity index (χ1v) is 9.37. The van der Waals surface area contributed by atoms with E-state index in [1.165, 1.54) is 30.3 Å². The second-order valence-corrected chi connectivity index (χ2v) is 7.27. The van der Waals surface area contributed by atoms with Gasteiger partial charge in [-0.25, -0.2) is 12.8 Å². The molecule has 0 aliphatic heterocycles. The van der Waals surface area contributed by atoms with Gasteiger partial charge in [0.05, 0.1) is 17.3 Å². The average molecular weight is 392 g/mol. The van der Waals surface area contributed by atoms with Crippen LogP contribution in [0.3, 0.4) is 0 Å². The van der Waals surface area contributed by atoms with Crippen LogP contribution in [0.15, 0.2) is 51.9 Å². The number of fused-ring (bicyclic) bond motifs is 1. The number of sulfonamides is 1. The van der Waals surface area contributed by atoms with Crippen LogP contribution in [0.4, 0.5) is 15.8 Å². The Balaban J connectivity index is 2.19. The molecule has 3 aromatic rings. The van der Waals surface area contributed by atoms with E-state index in [0.717, 1.165) is 18.6 Å². The zero-order chi connectivity index (χ0) is 19.6. The number of hydrogen-bond acceptors (Lipinski definition) is 6. The van der Waals surface area contributed by atoms with E-state index in [-0.39, 0.29) is 33.8 Å². The maximum absolute atomic E-state index is 13.4. The van der Waals surface area contributed by atoms with Crippen molar-refractivity contribution in [1.29, 1.82) is 0 Å². The molecule has 0 aliphatic carbocycles. The fourth-order valence-electron chi connectivity index (χ4n) is 2.34. The third-order valence-corrected chi connectivity index (χ3v) is 4.00. The highest BCUT2D eigenvalue weighted by molar-refractivity contribution is 7.92. The molecule has 0 bridgehead atoms. The van der Waals surface area contributed by atoms with Crippen molar-refractivity contribution in [3.8, 4) is 11.5 Å². The monoisotopic (exact) mass is 392 g/mol. The number of anilines is 2. The summed E-state index contributed by atoms with van der Waals surface area (Å²) in [5, 5.41) is 2.24. The summed E-state index contributed by atoms with van der Waals surface area (Å²) in [4.78, 5) is 23.0. The van der Waals surface area contributed by atoms with E-state index in [9.17, 15) is 22.4 Å². The van der Waals surface area contributed by atoms with Crippen LogP contribution in [-0.4, -0.2) is 21.1 Å². The number of carbonyl (C=O) groups excluding carboxylic acids is 1. The van der Waals surface area contributed by atoms with E-state index < -0.39 is 21.3 Å². The van der Waals surface area contributed by atoms with E-state index in [2.05, 4.69) is 10.0 Å². The molecule has 0 spiro atoms. The Morgan fingerprint density at radius 3 is 2.63 bits per heavy atom. The molecule has 2 aromatic carbocycles. The maximum Gasteiger partial charge on any atom is 0.229 e. The lowest BCUT2D eigenvalue weighted by atomic mass is 10.2. The standard InChI is InChI=1S/C17H13FN2O6S/c1-27(23,24)20-13-7-15-12(17(22)14(8-25-15)19-9-21)6-16(13)26-11-4-2-3-10(18)5-11/h2-9,20H,1H3,(H,19,21). The van der Waals surface area contributed by atoms with Crippen LogP contribution in [0.1, 0.15) is 0 Å². The molecule has 0 radical (unpaired) electrons. The van der Waals surface area contributed by atoms with Gasteiger partial charge in [-0.1, -0.05) is 6.07 Å². The quantitative estimate of drug-likeness (QED) is 0.623. The van der Waals surface area contributed by atoms with Crippen LogP contribution in [0.5, 0.6) is 11.5 Å². The summed E-state index contributed by atoms with van der Waals surface area (Å²) in [5.74, 6) is -0.505. The summed E-state index contributed by atoms with van der Waals surface area (Å²) in [6.07, 6.45) is 2.30. The molecule has 1 heterocycles. The minimum Gasteiger partial charge on any atom is -0.462 e. The van der Waals surface area contributed by atoms with E-state index in [1.807, 2.05) is 0 Å². The van der Waals surface area contributed by atoms with Crippen LogP contribution in [-0.2, 0) is 14.8 Å². The van der Waals surface area contributed by atoms with Crippen molar-refractivity contribution < 1.29 is 26.8 Å². The Labute approximate surface area is 152 Å². The van der Waals surface area contributed by atoms with Crippen molar-refractivity contribution in [2.24, 2.45) is 0 Å². The largest absolute Gasteiger partial charge is 0.462 e. The predicted octanol–water partition coefficient (Wildman–Crippen LogP) is 2.66. The zero-order valence-electron chi connectivity index (χ0n) is 13.9. The van der Waals surface area contributed by atoms with Gasteiger partial charge in [-0.2, -0.15) is 0 Å². The number of benzene rings is 2. The third-order valence-electron chi connectivity index (χ3n) is 3.41. The molecule has 8 nitrogen and oxygen atoms in total. The molecule has 140 valence electrons. The Morgan fingerprint density at radius 1 is 1.19 bits per heavy atom. The number of hydrogen-bond donors (Lipinski definition) is 2. The molecule has 1 amide bonds. The highest BCUT2D eigenvalue weighted by Gasteiger charge is 2.16. The topological polar surface area (TPSA) is 115 Å². The molecule has 10 heteroatoms. The molecule has 27 heavy (non-hydrogen) atoms. The van der Waals surface area contributed by atoms with Gasteiger partial charge in [-0.15, -0.1) is 0 Å². The van der Waals surface area contributed by atoms with Gasteiger partial charge in [0.1, 0.15) is 29.1 Å². The van der Waals surface area contributed by atoms with Gasteiger partial charge in [0.2, 0.25) is 21.9 Å². The van der Waals surface area contributed by atoms with Crippen LogP contribution in [0, 0.1) is 5.82 Å². The van der Waals surface area contributed by atoms with Crippen molar-refractivity contribution in [1.82, 2.24) is 0 Å². The number of amides is 1. The van der Waals surface area contributed by atoms with E-state index >= 15 is 0 Å². The van der Waals surface area contributed by atoms with Crippen molar-refractivity contribution in [2.75, 3.05) is 16.3 Å². The molecular formula is C17H13FN2O6S. The lowest BCUT2D eigenvalue weighted by Crippen LogP contribution is -2.12. The average Bonchev–Trinajstić information content (AvgIpc) is 2.57. The predicted molar refractivity (Wildman–Crippen MR) is 97.1 cm³/mol. The van der Waals surface area contributed by atoms with Crippen molar-refractivity contribution in [2.45, 2.75) is 0 Å².